The van der Waals surface area contributed by atoms with Crippen molar-refractivity contribution in [2.75, 3.05) is 11.4 Å². The van der Waals surface area contributed by atoms with Crippen LogP contribution in [0.4, 0.5) is 5.82 Å². The molecule has 162 valence electrons. The largest absolute Gasteiger partial charge is 0.297 e. The lowest BCUT2D eigenvalue weighted by molar-refractivity contribution is -0.125. The van der Waals surface area contributed by atoms with E-state index in [4.69, 9.17) is 11.6 Å². The summed E-state index contributed by atoms with van der Waals surface area (Å²) < 4.78 is 1.05. The highest BCUT2D eigenvalue weighted by Crippen LogP contribution is 2.33. The molecule has 1 amide bonds. The van der Waals surface area contributed by atoms with Crippen molar-refractivity contribution in [2.45, 2.75) is 32.1 Å². The van der Waals surface area contributed by atoms with Gasteiger partial charge in [-0.15, -0.1) is 0 Å². The van der Waals surface area contributed by atoms with Gasteiger partial charge in [0.25, 0.3) is 0 Å². The predicted molar refractivity (Wildman–Crippen MR) is 135 cm³/mol. The van der Waals surface area contributed by atoms with Crippen molar-refractivity contribution in [3.8, 4) is 11.1 Å². The van der Waals surface area contributed by atoms with Gasteiger partial charge in [-0.2, -0.15) is 0 Å². The molecule has 2 aliphatic rings. The molecule has 2 aromatic carbocycles. The molecule has 1 atom stereocenters. The Hall–Kier alpha value is -2.25. The van der Waals surface area contributed by atoms with Crippen LogP contribution in [0.3, 0.4) is 0 Å². The van der Waals surface area contributed by atoms with Crippen molar-refractivity contribution in [3.05, 3.63) is 80.0 Å². The molecular formula is C26H22ClIN2O2. The molecule has 6 heteroatoms. The lowest BCUT2D eigenvalue weighted by Gasteiger charge is -2.30. The lowest BCUT2D eigenvalue weighted by atomic mass is 9.81. The Morgan fingerprint density at radius 3 is 2.66 bits per heavy atom. The number of aryl methyl sites for hydroxylation is 2. The van der Waals surface area contributed by atoms with Gasteiger partial charge < -0.3 is 0 Å². The van der Waals surface area contributed by atoms with Gasteiger partial charge in [-0.3, -0.25) is 14.5 Å². The van der Waals surface area contributed by atoms with Gasteiger partial charge in [0.15, 0.2) is 5.78 Å². The number of hydrogen-bond acceptors (Lipinski definition) is 3. The molecule has 0 fully saturated rings. The number of halogens is 2. The first-order valence-electron chi connectivity index (χ1n) is 10.8. The third kappa shape index (κ3) is 4.33. The molecule has 1 aliphatic carbocycles. The number of anilines is 1. The summed E-state index contributed by atoms with van der Waals surface area (Å²) in [6, 6.07) is 16.3. The Balaban J connectivity index is 1.38. The number of pyridine rings is 1. The van der Waals surface area contributed by atoms with Crippen molar-refractivity contribution in [1.29, 1.82) is 0 Å². The molecular weight excluding hydrogens is 535 g/mol. The van der Waals surface area contributed by atoms with E-state index < -0.39 is 0 Å². The van der Waals surface area contributed by atoms with Gasteiger partial charge in [0.1, 0.15) is 5.82 Å². The van der Waals surface area contributed by atoms with Crippen LogP contribution >= 0.6 is 34.2 Å². The van der Waals surface area contributed by atoms with Crippen molar-refractivity contribution >= 4 is 51.7 Å². The molecule has 32 heavy (non-hydrogen) atoms. The van der Waals surface area contributed by atoms with Crippen LogP contribution in [0, 0.1) is 9.49 Å². The summed E-state index contributed by atoms with van der Waals surface area (Å²) in [5.41, 5.74) is 5.55. The zero-order chi connectivity index (χ0) is 22.2. The number of Topliss-reactive ketones (excluding diaryl/α,β-unsaturated/α-hetero) is 1. The molecule has 1 aliphatic heterocycles. The summed E-state index contributed by atoms with van der Waals surface area (Å²) in [5, 5.41) is 0.682. The van der Waals surface area contributed by atoms with Gasteiger partial charge in [-0.1, -0.05) is 35.9 Å². The average Bonchev–Trinajstić information content (AvgIpc) is 2.79. The maximum Gasteiger partial charge on any atom is 0.228 e. The van der Waals surface area contributed by atoms with Gasteiger partial charge in [0.2, 0.25) is 5.91 Å². The second kappa shape index (κ2) is 8.94. The number of aromatic nitrogens is 1. The zero-order valence-electron chi connectivity index (χ0n) is 17.5. The van der Waals surface area contributed by atoms with Crippen molar-refractivity contribution in [3.63, 3.8) is 0 Å². The summed E-state index contributed by atoms with van der Waals surface area (Å²) >= 11 is 8.48. The molecule has 0 saturated carbocycles. The van der Waals surface area contributed by atoms with Crippen LogP contribution in [0.15, 0.2) is 54.7 Å². The summed E-state index contributed by atoms with van der Waals surface area (Å²) in [5.74, 6) is 0.665. The van der Waals surface area contributed by atoms with E-state index in [2.05, 4.69) is 57.9 Å². The zero-order valence-corrected chi connectivity index (χ0v) is 20.4. The van der Waals surface area contributed by atoms with Crippen molar-refractivity contribution < 1.29 is 9.59 Å². The Kier molecular flexibility index (Phi) is 6.03. The topological polar surface area (TPSA) is 50.3 Å². The summed E-state index contributed by atoms with van der Waals surface area (Å²) in [7, 11) is 0. The second-order valence-corrected chi connectivity index (χ2v) is 10.2. The molecule has 3 aromatic rings. The number of rotatable bonds is 4. The van der Waals surface area contributed by atoms with E-state index in [1.165, 1.54) is 11.1 Å². The Morgan fingerprint density at radius 1 is 1.03 bits per heavy atom. The molecule has 1 unspecified atom stereocenters. The monoisotopic (exact) mass is 556 g/mol. The van der Waals surface area contributed by atoms with E-state index in [1.807, 2.05) is 18.2 Å². The molecule has 4 nitrogen and oxygen atoms in total. The Morgan fingerprint density at radius 2 is 1.84 bits per heavy atom. The normalized spacial score (nSPS) is 17.6. The first-order valence-corrected chi connectivity index (χ1v) is 12.3. The van der Waals surface area contributed by atoms with Crippen LogP contribution in [-0.4, -0.2) is 23.2 Å². The maximum atomic E-state index is 13.2. The third-order valence-electron chi connectivity index (χ3n) is 6.42. The Bertz CT molecular complexity index is 1210. The van der Waals surface area contributed by atoms with Crippen LogP contribution in [0.1, 0.15) is 29.5 Å². The first kappa shape index (κ1) is 21.6. The minimum Gasteiger partial charge on any atom is -0.297 e. The molecule has 2 heterocycles. The molecule has 0 N–H and O–H groups in total. The van der Waals surface area contributed by atoms with Crippen molar-refractivity contribution in [2.24, 2.45) is 5.92 Å². The standard InChI is InChI=1S/C26H22ClIN2O2/c27-22-11-20(12-23(28)13-22)21-10-19-7-8-25(32)30(26(19)29-14-21)15-24(31)18-6-5-16-3-1-2-4-17(16)9-18/h1-4,10-14,18H,5-9,15H2. The molecule has 0 radical (unpaired) electrons. The van der Waals surface area contributed by atoms with Crippen LogP contribution in [0.2, 0.25) is 5.02 Å². The smallest absolute Gasteiger partial charge is 0.228 e. The summed E-state index contributed by atoms with van der Waals surface area (Å²) in [6.45, 7) is 0.0973. The highest BCUT2D eigenvalue weighted by molar-refractivity contribution is 14.1. The van der Waals surface area contributed by atoms with Gasteiger partial charge >= 0.3 is 0 Å². The quantitative estimate of drug-likeness (QED) is 0.390. The minimum absolute atomic E-state index is 0.0281. The fourth-order valence-electron chi connectivity index (χ4n) is 4.72. The highest BCUT2D eigenvalue weighted by atomic mass is 127. The average molecular weight is 557 g/mol. The number of fused-ring (bicyclic) bond motifs is 2. The number of carbonyl (C=O) groups excluding carboxylic acids is 2. The fraction of sp³-hybridized carbons (Fsp3) is 0.269. The number of hydrogen-bond donors (Lipinski definition) is 0. The molecule has 0 bridgehead atoms. The van der Waals surface area contributed by atoms with Gasteiger partial charge in [0.05, 0.1) is 6.54 Å². The van der Waals surface area contributed by atoms with E-state index in [-0.39, 0.29) is 24.2 Å². The van der Waals surface area contributed by atoms with Gasteiger partial charge in [-0.05, 0) is 94.8 Å². The molecule has 5 rings (SSSR count). The van der Waals surface area contributed by atoms with Crippen LogP contribution in [0.5, 0.6) is 0 Å². The number of nitrogens with zero attached hydrogens (tertiary/aromatic N) is 2. The van der Waals surface area contributed by atoms with E-state index in [0.717, 1.165) is 39.5 Å². The fourth-order valence-corrected chi connectivity index (χ4v) is 5.81. The van der Waals surface area contributed by atoms with E-state index in [1.54, 1.807) is 11.1 Å². The van der Waals surface area contributed by atoms with Crippen LogP contribution < -0.4 is 4.90 Å². The number of benzene rings is 2. The number of ketones is 1. The Labute approximate surface area is 206 Å². The van der Waals surface area contributed by atoms with Crippen LogP contribution in [0.25, 0.3) is 11.1 Å². The summed E-state index contributed by atoms with van der Waals surface area (Å²) in [6.07, 6.45) is 5.30. The third-order valence-corrected chi connectivity index (χ3v) is 7.26. The SMILES string of the molecule is O=C(CN1C(=O)CCc2cc(-c3cc(Cl)cc(I)c3)cnc21)C1CCc2ccccc2C1. The van der Waals surface area contributed by atoms with Gasteiger partial charge in [-0.25, -0.2) is 4.98 Å². The summed E-state index contributed by atoms with van der Waals surface area (Å²) in [4.78, 5) is 32.1. The lowest BCUT2D eigenvalue weighted by Crippen LogP contribution is -2.42. The highest BCUT2D eigenvalue weighted by Gasteiger charge is 2.31. The molecule has 1 aromatic heterocycles. The molecule has 0 saturated heterocycles. The van der Waals surface area contributed by atoms with E-state index >= 15 is 0 Å². The first-order chi connectivity index (χ1) is 15.5. The van der Waals surface area contributed by atoms with E-state index in [0.29, 0.717) is 23.7 Å². The van der Waals surface area contributed by atoms with E-state index in [9.17, 15) is 9.59 Å². The number of amides is 1. The van der Waals surface area contributed by atoms with Crippen LogP contribution in [-0.2, 0) is 28.9 Å². The predicted octanol–water partition coefficient (Wildman–Crippen LogP) is 5.66. The maximum absolute atomic E-state index is 13.2. The molecule has 0 spiro atoms. The van der Waals surface area contributed by atoms with Crippen molar-refractivity contribution in [1.82, 2.24) is 4.98 Å². The van der Waals surface area contributed by atoms with Gasteiger partial charge in [0, 0.05) is 32.7 Å². The number of carbonyl (C=O) groups is 2. The second-order valence-electron chi connectivity index (χ2n) is 8.52. The minimum atomic E-state index is -0.0455.